The summed E-state index contributed by atoms with van der Waals surface area (Å²) in [6.07, 6.45) is 5.26. The number of thioether (sulfide) groups is 1. The molecule has 1 unspecified atom stereocenters. The lowest BCUT2D eigenvalue weighted by Crippen LogP contribution is -2.55. The van der Waals surface area contributed by atoms with Crippen LogP contribution in [-0.4, -0.2) is 35.9 Å². The van der Waals surface area contributed by atoms with Crippen molar-refractivity contribution in [1.29, 1.82) is 0 Å². The highest BCUT2D eigenvalue weighted by Crippen LogP contribution is 2.42. The van der Waals surface area contributed by atoms with Crippen molar-refractivity contribution in [2.75, 3.05) is 19.4 Å². The largest absolute Gasteiger partial charge is 0.465 e. The van der Waals surface area contributed by atoms with E-state index in [2.05, 4.69) is 10.3 Å². The van der Waals surface area contributed by atoms with Crippen molar-refractivity contribution in [3.8, 4) is 0 Å². The third kappa shape index (κ3) is 2.70. The minimum absolute atomic E-state index is 0.172. The number of ether oxygens (including phenoxy) is 1. The molecule has 2 rings (SSSR count). The molecule has 0 aliphatic heterocycles. The minimum Gasteiger partial charge on any atom is -0.465 e. The average Bonchev–Trinajstić information content (AvgIpc) is 3.08. The molecule has 0 amide bonds. The highest BCUT2D eigenvalue weighted by molar-refractivity contribution is 7.99. The van der Waals surface area contributed by atoms with Gasteiger partial charge in [-0.1, -0.05) is 11.8 Å². The van der Waals surface area contributed by atoms with Crippen LogP contribution >= 0.6 is 11.8 Å². The molecule has 1 aliphatic rings. The summed E-state index contributed by atoms with van der Waals surface area (Å²) in [7, 11) is 1.81. The zero-order valence-electron chi connectivity index (χ0n) is 10.6. The number of rotatable bonds is 7. The zero-order valence-corrected chi connectivity index (χ0v) is 11.5. The van der Waals surface area contributed by atoms with Gasteiger partial charge in [-0.3, -0.25) is 4.79 Å². The van der Waals surface area contributed by atoms with E-state index in [4.69, 9.17) is 9.15 Å². The van der Waals surface area contributed by atoms with Gasteiger partial charge in [0.05, 0.1) is 12.8 Å². The van der Waals surface area contributed by atoms with Gasteiger partial charge in [0, 0.05) is 5.75 Å². The van der Waals surface area contributed by atoms with Crippen molar-refractivity contribution < 1.29 is 13.9 Å². The highest BCUT2D eigenvalue weighted by atomic mass is 32.2. The number of esters is 1. The summed E-state index contributed by atoms with van der Waals surface area (Å²) in [6.45, 7) is 2.23. The van der Waals surface area contributed by atoms with Crippen LogP contribution < -0.4 is 5.32 Å². The number of oxazole rings is 1. The van der Waals surface area contributed by atoms with Gasteiger partial charge < -0.3 is 14.5 Å². The Balaban J connectivity index is 2.06. The van der Waals surface area contributed by atoms with E-state index in [9.17, 15) is 4.79 Å². The van der Waals surface area contributed by atoms with Crippen LogP contribution in [0.3, 0.4) is 0 Å². The van der Waals surface area contributed by atoms with Crippen LogP contribution in [0.4, 0.5) is 0 Å². The minimum atomic E-state index is -0.616. The maximum Gasteiger partial charge on any atom is 0.327 e. The van der Waals surface area contributed by atoms with Crippen molar-refractivity contribution in [3.05, 3.63) is 12.5 Å². The van der Waals surface area contributed by atoms with E-state index in [1.54, 1.807) is 6.20 Å². The molecule has 1 fully saturated rings. The number of nitrogens with one attached hydrogen (secondary N) is 1. The van der Waals surface area contributed by atoms with E-state index in [0.717, 1.165) is 12.8 Å². The molecule has 1 aromatic heterocycles. The predicted molar refractivity (Wildman–Crippen MR) is 68.4 cm³/mol. The van der Waals surface area contributed by atoms with Crippen molar-refractivity contribution in [2.24, 2.45) is 5.92 Å². The standard InChI is InChI=1S/C12H18N2O3S/c1-3-16-10(15)12(13-2,9-4-5-9)8-18-11-14-6-7-17-11/h6-7,9,13H,3-5,8H2,1-2H3. The Morgan fingerprint density at radius 2 is 2.50 bits per heavy atom. The first-order valence-corrected chi connectivity index (χ1v) is 7.10. The molecular formula is C12H18N2O3S. The van der Waals surface area contributed by atoms with E-state index in [-0.39, 0.29) is 5.97 Å². The van der Waals surface area contributed by atoms with Crippen LogP contribution in [0.25, 0.3) is 0 Å². The number of nitrogens with zero attached hydrogens (tertiary/aromatic N) is 1. The summed E-state index contributed by atoms with van der Waals surface area (Å²) in [5, 5.41) is 3.74. The van der Waals surface area contributed by atoms with E-state index in [1.807, 2.05) is 14.0 Å². The lowest BCUT2D eigenvalue weighted by molar-refractivity contribution is -0.150. The Hall–Kier alpha value is -1.01. The molecule has 0 spiro atoms. The molecule has 1 atom stereocenters. The SMILES string of the molecule is CCOC(=O)C(CSc1ncco1)(NC)C1CC1. The van der Waals surface area contributed by atoms with Gasteiger partial charge in [0.15, 0.2) is 0 Å². The number of hydrogen-bond acceptors (Lipinski definition) is 6. The van der Waals surface area contributed by atoms with Gasteiger partial charge in [0.1, 0.15) is 11.8 Å². The smallest absolute Gasteiger partial charge is 0.327 e. The summed E-state index contributed by atoms with van der Waals surface area (Å²) in [6, 6.07) is 0. The quantitative estimate of drug-likeness (QED) is 0.601. The molecule has 0 saturated heterocycles. The zero-order chi connectivity index (χ0) is 13.0. The predicted octanol–water partition coefficient (Wildman–Crippen LogP) is 1.70. The molecule has 0 radical (unpaired) electrons. The third-order valence-corrected chi connectivity index (χ3v) is 4.24. The summed E-state index contributed by atoms with van der Waals surface area (Å²) >= 11 is 1.44. The highest BCUT2D eigenvalue weighted by Gasteiger charge is 2.51. The van der Waals surface area contributed by atoms with Crippen LogP contribution in [0.5, 0.6) is 0 Å². The molecule has 1 saturated carbocycles. The molecular weight excluding hydrogens is 252 g/mol. The normalized spacial score (nSPS) is 18.3. The topological polar surface area (TPSA) is 64.4 Å². The van der Waals surface area contributed by atoms with Crippen LogP contribution in [0.1, 0.15) is 19.8 Å². The second kappa shape index (κ2) is 5.75. The van der Waals surface area contributed by atoms with E-state index in [1.165, 1.54) is 18.0 Å². The molecule has 1 heterocycles. The molecule has 100 valence electrons. The summed E-state index contributed by atoms with van der Waals surface area (Å²) < 4.78 is 10.4. The van der Waals surface area contributed by atoms with Gasteiger partial charge in [0.25, 0.3) is 5.22 Å². The Kier molecular flexibility index (Phi) is 4.29. The molecule has 1 aromatic rings. The van der Waals surface area contributed by atoms with Crippen LogP contribution in [0.2, 0.25) is 0 Å². The molecule has 0 aromatic carbocycles. The van der Waals surface area contributed by atoms with Gasteiger partial charge >= 0.3 is 5.97 Å². The lowest BCUT2D eigenvalue weighted by atomic mass is 9.96. The van der Waals surface area contributed by atoms with Crippen molar-refractivity contribution >= 4 is 17.7 Å². The molecule has 1 N–H and O–H groups in total. The monoisotopic (exact) mass is 270 g/mol. The molecule has 18 heavy (non-hydrogen) atoms. The van der Waals surface area contributed by atoms with Gasteiger partial charge in [-0.05, 0) is 32.7 Å². The van der Waals surface area contributed by atoms with E-state index in [0.29, 0.717) is 23.5 Å². The number of carbonyl (C=O) groups is 1. The van der Waals surface area contributed by atoms with Crippen molar-refractivity contribution in [1.82, 2.24) is 10.3 Å². The Labute approximate surface area is 111 Å². The Bertz CT molecular complexity index is 392. The van der Waals surface area contributed by atoms with Gasteiger partial charge in [-0.25, -0.2) is 4.98 Å². The van der Waals surface area contributed by atoms with Crippen molar-refractivity contribution in [3.63, 3.8) is 0 Å². The molecule has 5 nitrogen and oxygen atoms in total. The van der Waals surface area contributed by atoms with Crippen LogP contribution in [-0.2, 0) is 9.53 Å². The maximum absolute atomic E-state index is 12.2. The van der Waals surface area contributed by atoms with E-state index >= 15 is 0 Å². The van der Waals surface area contributed by atoms with Crippen LogP contribution in [0.15, 0.2) is 22.1 Å². The maximum atomic E-state index is 12.2. The first-order chi connectivity index (χ1) is 8.73. The van der Waals surface area contributed by atoms with E-state index < -0.39 is 5.54 Å². The summed E-state index contributed by atoms with van der Waals surface area (Å²) in [5.41, 5.74) is -0.616. The number of aromatic nitrogens is 1. The van der Waals surface area contributed by atoms with Gasteiger partial charge in [0.2, 0.25) is 0 Å². The lowest BCUT2D eigenvalue weighted by Gasteiger charge is -2.30. The first kappa shape index (κ1) is 13.4. The Morgan fingerprint density at radius 3 is 3.00 bits per heavy atom. The second-order valence-corrected chi connectivity index (χ2v) is 5.23. The van der Waals surface area contributed by atoms with Crippen LogP contribution in [0, 0.1) is 5.92 Å². The number of likely N-dealkylation sites (N-methyl/N-ethyl adjacent to an activating group) is 1. The fourth-order valence-electron chi connectivity index (χ4n) is 2.02. The average molecular weight is 270 g/mol. The fraction of sp³-hybridized carbons (Fsp3) is 0.667. The van der Waals surface area contributed by atoms with Gasteiger partial charge in [-0.2, -0.15) is 0 Å². The molecule has 1 aliphatic carbocycles. The number of hydrogen-bond donors (Lipinski definition) is 1. The molecule has 0 bridgehead atoms. The number of carbonyl (C=O) groups excluding carboxylic acids is 1. The fourth-order valence-corrected chi connectivity index (χ4v) is 3.12. The Morgan fingerprint density at radius 1 is 1.72 bits per heavy atom. The van der Waals surface area contributed by atoms with Gasteiger partial charge in [-0.15, -0.1) is 0 Å². The second-order valence-electron chi connectivity index (χ2n) is 4.30. The molecule has 6 heteroatoms. The summed E-state index contributed by atoms with van der Waals surface area (Å²) in [5.74, 6) is 0.756. The summed E-state index contributed by atoms with van der Waals surface area (Å²) in [4.78, 5) is 16.2. The first-order valence-electron chi connectivity index (χ1n) is 6.11. The third-order valence-electron chi connectivity index (χ3n) is 3.19. The van der Waals surface area contributed by atoms with Crippen molar-refractivity contribution in [2.45, 2.75) is 30.5 Å².